The summed E-state index contributed by atoms with van der Waals surface area (Å²) in [6.07, 6.45) is -0.805. The van der Waals surface area contributed by atoms with Gasteiger partial charge < -0.3 is 10.1 Å². The molecule has 0 aromatic heterocycles. The minimum absolute atomic E-state index is 0.148. The lowest BCUT2D eigenvalue weighted by molar-refractivity contribution is -0.175. The van der Waals surface area contributed by atoms with Gasteiger partial charge in [0.1, 0.15) is 6.61 Å². The lowest BCUT2D eigenvalue weighted by Crippen LogP contribution is -2.51. The second-order valence-corrected chi connectivity index (χ2v) is 5.11. The monoisotopic (exact) mass is 282 g/mol. The molecule has 1 heterocycles. The normalized spacial score (nSPS) is 23.5. The van der Waals surface area contributed by atoms with Gasteiger partial charge in [-0.2, -0.15) is 13.2 Å². The average molecular weight is 282 g/mol. The van der Waals surface area contributed by atoms with Crippen molar-refractivity contribution in [2.75, 3.05) is 32.8 Å². The summed E-state index contributed by atoms with van der Waals surface area (Å²) in [4.78, 5) is 2.26. The van der Waals surface area contributed by atoms with Gasteiger partial charge in [-0.1, -0.05) is 13.3 Å². The summed E-state index contributed by atoms with van der Waals surface area (Å²) in [5.41, 5.74) is 0. The van der Waals surface area contributed by atoms with Crippen molar-refractivity contribution >= 4 is 0 Å². The predicted molar refractivity (Wildman–Crippen MR) is 69.2 cm³/mol. The van der Waals surface area contributed by atoms with E-state index in [-0.39, 0.29) is 6.61 Å². The molecule has 1 aliphatic heterocycles. The van der Waals surface area contributed by atoms with E-state index < -0.39 is 12.8 Å². The molecule has 3 nitrogen and oxygen atoms in total. The molecule has 1 aliphatic rings. The van der Waals surface area contributed by atoms with Crippen LogP contribution in [0.15, 0.2) is 0 Å². The number of alkyl halides is 3. The first-order valence-corrected chi connectivity index (χ1v) is 7.06. The van der Waals surface area contributed by atoms with Crippen LogP contribution >= 0.6 is 0 Å². The molecule has 1 N–H and O–H groups in total. The van der Waals surface area contributed by atoms with Crippen LogP contribution in [-0.2, 0) is 4.74 Å². The Hall–Kier alpha value is -0.330. The minimum atomic E-state index is -4.22. The molecule has 0 aromatic carbocycles. The number of nitrogens with one attached hydrogen (secondary N) is 1. The van der Waals surface area contributed by atoms with Crippen molar-refractivity contribution in [3.8, 4) is 0 Å². The highest BCUT2D eigenvalue weighted by Gasteiger charge is 2.29. The van der Waals surface area contributed by atoms with Gasteiger partial charge in [-0.25, -0.2) is 0 Å². The maximum atomic E-state index is 12.0. The third-order valence-corrected chi connectivity index (χ3v) is 3.56. The number of piperidine rings is 1. The fourth-order valence-corrected chi connectivity index (χ4v) is 2.69. The van der Waals surface area contributed by atoms with E-state index in [9.17, 15) is 13.2 Å². The van der Waals surface area contributed by atoms with Crippen LogP contribution in [0.5, 0.6) is 0 Å². The fraction of sp³-hybridized carbons (Fsp3) is 1.00. The topological polar surface area (TPSA) is 24.5 Å². The molecule has 1 fully saturated rings. The van der Waals surface area contributed by atoms with Gasteiger partial charge in [0.15, 0.2) is 0 Å². The van der Waals surface area contributed by atoms with E-state index in [4.69, 9.17) is 4.74 Å². The molecular formula is C13H25F3N2O. The molecule has 1 rings (SSSR count). The number of likely N-dealkylation sites (N-methyl/N-ethyl adjacent to an activating group) is 1. The Kier molecular flexibility index (Phi) is 7.10. The van der Waals surface area contributed by atoms with Crippen molar-refractivity contribution in [2.24, 2.45) is 0 Å². The van der Waals surface area contributed by atoms with Crippen LogP contribution in [0.3, 0.4) is 0 Å². The van der Waals surface area contributed by atoms with Gasteiger partial charge in [-0.3, -0.25) is 4.90 Å². The maximum absolute atomic E-state index is 12.0. The van der Waals surface area contributed by atoms with Gasteiger partial charge in [0.05, 0.1) is 6.61 Å². The molecule has 6 heteroatoms. The number of halogens is 3. The summed E-state index contributed by atoms with van der Waals surface area (Å²) < 4.78 is 40.6. The second-order valence-electron chi connectivity index (χ2n) is 5.11. The largest absolute Gasteiger partial charge is 0.411 e. The van der Waals surface area contributed by atoms with Crippen LogP contribution in [0.1, 0.15) is 33.1 Å². The molecule has 0 amide bonds. The van der Waals surface area contributed by atoms with E-state index in [1.165, 1.54) is 6.42 Å². The van der Waals surface area contributed by atoms with Gasteiger partial charge in [0, 0.05) is 18.6 Å². The van der Waals surface area contributed by atoms with Crippen molar-refractivity contribution in [3.05, 3.63) is 0 Å². The lowest BCUT2D eigenvalue weighted by atomic mass is 9.96. The molecule has 0 bridgehead atoms. The minimum Gasteiger partial charge on any atom is -0.371 e. The average Bonchev–Trinajstić information content (AvgIpc) is 2.34. The molecule has 0 aromatic rings. The van der Waals surface area contributed by atoms with Gasteiger partial charge in [0.2, 0.25) is 0 Å². The zero-order valence-corrected chi connectivity index (χ0v) is 11.8. The van der Waals surface area contributed by atoms with Crippen molar-refractivity contribution in [1.29, 1.82) is 0 Å². The van der Waals surface area contributed by atoms with Crippen LogP contribution in [-0.4, -0.2) is 56.0 Å². The maximum Gasteiger partial charge on any atom is 0.411 e. The quantitative estimate of drug-likeness (QED) is 0.726. The highest BCUT2D eigenvalue weighted by molar-refractivity contribution is 4.84. The summed E-state index contributed by atoms with van der Waals surface area (Å²) in [5, 5.41) is 3.40. The van der Waals surface area contributed by atoms with Crippen molar-refractivity contribution in [1.82, 2.24) is 10.2 Å². The number of ether oxygens (including phenoxy) is 1. The Morgan fingerprint density at radius 2 is 2.11 bits per heavy atom. The Labute approximate surface area is 113 Å². The van der Waals surface area contributed by atoms with E-state index in [0.717, 1.165) is 25.9 Å². The SMILES string of the molecule is CCNC(C)C1CCCCN1CCOCC(F)(F)F. The predicted octanol–water partition coefficient (Wildman–Crippen LogP) is 2.42. The molecule has 114 valence electrons. The summed E-state index contributed by atoms with van der Waals surface area (Å²) >= 11 is 0. The summed E-state index contributed by atoms with van der Waals surface area (Å²) in [7, 11) is 0. The molecule has 2 atom stereocenters. The number of hydrogen-bond acceptors (Lipinski definition) is 3. The van der Waals surface area contributed by atoms with Crippen molar-refractivity contribution in [3.63, 3.8) is 0 Å². The first-order chi connectivity index (χ1) is 8.94. The van der Waals surface area contributed by atoms with E-state index in [1.54, 1.807) is 0 Å². The number of hydrogen-bond donors (Lipinski definition) is 1. The molecule has 2 unspecified atom stereocenters. The standard InChI is InChI=1S/C13H25F3N2O/c1-3-17-11(2)12-6-4-5-7-18(12)8-9-19-10-13(14,15)16/h11-12,17H,3-10H2,1-2H3. The highest BCUT2D eigenvalue weighted by Crippen LogP contribution is 2.20. The van der Waals surface area contributed by atoms with E-state index >= 15 is 0 Å². The van der Waals surface area contributed by atoms with E-state index in [1.807, 2.05) is 0 Å². The van der Waals surface area contributed by atoms with Crippen LogP contribution in [0.2, 0.25) is 0 Å². The van der Waals surface area contributed by atoms with Gasteiger partial charge in [-0.05, 0) is 32.9 Å². The van der Waals surface area contributed by atoms with Crippen molar-refractivity contribution < 1.29 is 17.9 Å². The molecule has 1 saturated heterocycles. The van der Waals surface area contributed by atoms with Crippen molar-refractivity contribution in [2.45, 2.75) is 51.4 Å². The van der Waals surface area contributed by atoms with Crippen LogP contribution in [0.4, 0.5) is 13.2 Å². The van der Waals surface area contributed by atoms with Gasteiger partial charge in [0.25, 0.3) is 0 Å². The molecule has 0 spiro atoms. The Balaban J connectivity index is 2.32. The van der Waals surface area contributed by atoms with Gasteiger partial charge in [-0.15, -0.1) is 0 Å². The Morgan fingerprint density at radius 3 is 2.74 bits per heavy atom. The first-order valence-electron chi connectivity index (χ1n) is 7.06. The molecule has 0 radical (unpaired) electrons. The van der Waals surface area contributed by atoms with Crippen LogP contribution in [0.25, 0.3) is 0 Å². The molecule has 19 heavy (non-hydrogen) atoms. The Bertz CT molecular complexity index is 249. The van der Waals surface area contributed by atoms with Crippen LogP contribution in [0, 0.1) is 0 Å². The zero-order valence-electron chi connectivity index (χ0n) is 11.8. The first kappa shape index (κ1) is 16.7. The van der Waals surface area contributed by atoms with Crippen LogP contribution < -0.4 is 5.32 Å². The van der Waals surface area contributed by atoms with E-state index in [2.05, 4.69) is 24.1 Å². The van der Waals surface area contributed by atoms with E-state index in [0.29, 0.717) is 18.6 Å². The summed E-state index contributed by atoms with van der Waals surface area (Å²) in [5.74, 6) is 0. The summed E-state index contributed by atoms with van der Waals surface area (Å²) in [6, 6.07) is 0.774. The molecule has 0 saturated carbocycles. The molecule has 0 aliphatic carbocycles. The number of likely N-dealkylation sites (tertiary alicyclic amines) is 1. The molecular weight excluding hydrogens is 257 g/mol. The number of rotatable bonds is 7. The smallest absolute Gasteiger partial charge is 0.371 e. The third-order valence-electron chi connectivity index (χ3n) is 3.56. The summed E-state index contributed by atoms with van der Waals surface area (Å²) in [6.45, 7) is 5.66. The van der Waals surface area contributed by atoms with Gasteiger partial charge >= 0.3 is 6.18 Å². The zero-order chi connectivity index (χ0) is 14.3. The lowest BCUT2D eigenvalue weighted by Gasteiger charge is -2.39. The highest BCUT2D eigenvalue weighted by atomic mass is 19.4. The fourth-order valence-electron chi connectivity index (χ4n) is 2.69. The Morgan fingerprint density at radius 1 is 1.37 bits per heavy atom. The third kappa shape index (κ3) is 6.58. The second kappa shape index (κ2) is 8.07. The number of nitrogens with zero attached hydrogens (tertiary/aromatic N) is 1.